The Hall–Kier alpha value is -3.86. The maximum atomic E-state index is 13.4. The second kappa shape index (κ2) is 10.0. The second-order valence-corrected chi connectivity index (χ2v) is 10.6. The van der Waals surface area contributed by atoms with Gasteiger partial charge in [0.15, 0.2) is 0 Å². The SMILES string of the molecule is CC(C)COc1cccc(/C(O)=C2\C(=O)C(=O)N(c3ccc(C(C)(C)C)cc3)C2c2ccccc2)c1. The van der Waals surface area contributed by atoms with E-state index in [0.717, 1.165) is 11.1 Å². The highest BCUT2D eigenvalue weighted by Crippen LogP contribution is 2.42. The predicted octanol–water partition coefficient (Wildman–Crippen LogP) is 6.65. The number of carbonyl (C=O) groups is 2. The van der Waals surface area contributed by atoms with Crippen LogP contribution in [-0.2, 0) is 15.0 Å². The molecule has 1 N–H and O–H groups in total. The predicted molar refractivity (Wildman–Crippen MR) is 143 cm³/mol. The van der Waals surface area contributed by atoms with Crippen LogP contribution in [0.15, 0.2) is 84.4 Å². The number of hydrogen-bond donors (Lipinski definition) is 1. The molecule has 1 heterocycles. The standard InChI is InChI=1S/C31H33NO4/c1-20(2)19-36-25-13-9-12-22(18-25)28(33)26-27(21-10-7-6-8-11-21)32(30(35)29(26)34)24-16-14-23(15-17-24)31(3,4)5/h6-18,20,27,33H,19H2,1-5H3/b28-26+. The molecule has 0 spiro atoms. The zero-order valence-electron chi connectivity index (χ0n) is 21.5. The maximum absolute atomic E-state index is 13.4. The van der Waals surface area contributed by atoms with Crippen LogP contribution < -0.4 is 9.64 Å². The van der Waals surface area contributed by atoms with Crippen molar-refractivity contribution >= 4 is 23.1 Å². The molecule has 0 saturated carbocycles. The Morgan fingerprint density at radius 3 is 2.22 bits per heavy atom. The van der Waals surface area contributed by atoms with Crippen LogP contribution in [-0.4, -0.2) is 23.4 Å². The van der Waals surface area contributed by atoms with Gasteiger partial charge in [-0.15, -0.1) is 0 Å². The van der Waals surface area contributed by atoms with Gasteiger partial charge >= 0.3 is 0 Å². The summed E-state index contributed by atoms with van der Waals surface area (Å²) in [4.78, 5) is 28.2. The molecule has 1 aliphatic rings. The van der Waals surface area contributed by atoms with E-state index in [2.05, 4.69) is 34.6 Å². The van der Waals surface area contributed by atoms with E-state index in [1.165, 1.54) is 4.90 Å². The first-order valence-corrected chi connectivity index (χ1v) is 12.3. The topological polar surface area (TPSA) is 66.8 Å². The average Bonchev–Trinajstić information content (AvgIpc) is 3.13. The van der Waals surface area contributed by atoms with Gasteiger partial charge in [0.1, 0.15) is 11.5 Å². The quantitative estimate of drug-likeness (QED) is 0.242. The molecule has 0 bridgehead atoms. The number of rotatable bonds is 6. The zero-order valence-corrected chi connectivity index (χ0v) is 21.5. The summed E-state index contributed by atoms with van der Waals surface area (Å²) in [6.07, 6.45) is 0. The summed E-state index contributed by atoms with van der Waals surface area (Å²) in [6, 6.07) is 23.2. The molecule has 1 amide bonds. The Bertz CT molecular complexity index is 1280. The first-order valence-electron chi connectivity index (χ1n) is 12.3. The lowest BCUT2D eigenvalue weighted by atomic mass is 9.87. The highest BCUT2D eigenvalue weighted by atomic mass is 16.5. The molecular formula is C31H33NO4. The van der Waals surface area contributed by atoms with Crippen molar-refractivity contribution in [2.45, 2.75) is 46.1 Å². The number of Topliss-reactive ketones (excluding diaryl/α,β-unsaturated/α-hetero) is 1. The van der Waals surface area contributed by atoms with Crippen molar-refractivity contribution in [1.82, 2.24) is 0 Å². The van der Waals surface area contributed by atoms with Gasteiger partial charge in [-0.1, -0.05) is 89.2 Å². The van der Waals surface area contributed by atoms with Crippen molar-refractivity contribution in [2.24, 2.45) is 5.92 Å². The van der Waals surface area contributed by atoms with E-state index in [4.69, 9.17) is 4.74 Å². The minimum Gasteiger partial charge on any atom is -0.507 e. The first-order chi connectivity index (χ1) is 17.1. The number of carbonyl (C=O) groups excluding carboxylic acids is 2. The highest BCUT2D eigenvalue weighted by molar-refractivity contribution is 6.51. The molecule has 5 nitrogen and oxygen atoms in total. The summed E-state index contributed by atoms with van der Waals surface area (Å²) in [5, 5.41) is 11.4. The molecule has 36 heavy (non-hydrogen) atoms. The monoisotopic (exact) mass is 483 g/mol. The molecule has 3 aromatic carbocycles. The fourth-order valence-electron chi connectivity index (χ4n) is 4.32. The third-order valence-electron chi connectivity index (χ3n) is 6.26. The third-order valence-corrected chi connectivity index (χ3v) is 6.26. The Kier molecular flexibility index (Phi) is 7.02. The van der Waals surface area contributed by atoms with Crippen molar-refractivity contribution in [3.63, 3.8) is 0 Å². The number of ether oxygens (including phenoxy) is 1. The lowest BCUT2D eigenvalue weighted by Gasteiger charge is -2.26. The number of amides is 1. The van der Waals surface area contributed by atoms with Crippen molar-refractivity contribution in [3.8, 4) is 5.75 Å². The van der Waals surface area contributed by atoms with Crippen LogP contribution in [0.25, 0.3) is 5.76 Å². The van der Waals surface area contributed by atoms with Crippen molar-refractivity contribution in [3.05, 3.63) is 101 Å². The molecule has 5 heteroatoms. The van der Waals surface area contributed by atoms with E-state index in [-0.39, 0.29) is 16.7 Å². The normalized spacial score (nSPS) is 17.6. The molecule has 1 unspecified atom stereocenters. The number of anilines is 1. The van der Waals surface area contributed by atoms with Crippen LogP contribution in [0, 0.1) is 5.92 Å². The Morgan fingerprint density at radius 2 is 1.61 bits per heavy atom. The molecule has 1 atom stereocenters. The summed E-state index contributed by atoms with van der Waals surface area (Å²) in [7, 11) is 0. The molecule has 3 aromatic rings. The van der Waals surface area contributed by atoms with E-state index in [1.807, 2.05) is 60.7 Å². The van der Waals surface area contributed by atoms with Crippen molar-refractivity contribution in [2.75, 3.05) is 11.5 Å². The van der Waals surface area contributed by atoms with Gasteiger partial charge in [0, 0.05) is 11.3 Å². The smallest absolute Gasteiger partial charge is 0.300 e. The fourth-order valence-corrected chi connectivity index (χ4v) is 4.32. The van der Waals surface area contributed by atoms with E-state index in [9.17, 15) is 14.7 Å². The summed E-state index contributed by atoms with van der Waals surface area (Å²) in [6.45, 7) is 11.0. The number of hydrogen-bond acceptors (Lipinski definition) is 4. The highest BCUT2D eigenvalue weighted by Gasteiger charge is 2.47. The Balaban J connectivity index is 1.83. The summed E-state index contributed by atoms with van der Waals surface area (Å²) < 4.78 is 5.81. The van der Waals surface area contributed by atoms with Crippen LogP contribution in [0.5, 0.6) is 5.75 Å². The van der Waals surface area contributed by atoms with Gasteiger partial charge in [-0.25, -0.2) is 0 Å². The first kappa shape index (κ1) is 25.2. The van der Waals surface area contributed by atoms with Crippen LogP contribution in [0.4, 0.5) is 5.69 Å². The van der Waals surface area contributed by atoms with E-state index in [1.54, 1.807) is 18.2 Å². The van der Waals surface area contributed by atoms with Gasteiger partial charge in [-0.3, -0.25) is 14.5 Å². The molecule has 1 saturated heterocycles. The van der Waals surface area contributed by atoms with E-state index in [0.29, 0.717) is 29.5 Å². The summed E-state index contributed by atoms with van der Waals surface area (Å²) in [5.74, 6) is -0.659. The summed E-state index contributed by atoms with van der Waals surface area (Å²) in [5.41, 5.74) is 2.91. The number of ketones is 1. The second-order valence-electron chi connectivity index (χ2n) is 10.6. The summed E-state index contributed by atoms with van der Waals surface area (Å²) >= 11 is 0. The average molecular weight is 484 g/mol. The fraction of sp³-hybridized carbons (Fsp3) is 0.290. The van der Waals surface area contributed by atoms with Crippen LogP contribution in [0.1, 0.15) is 57.4 Å². The Morgan fingerprint density at radius 1 is 0.944 bits per heavy atom. The van der Waals surface area contributed by atoms with Crippen molar-refractivity contribution < 1.29 is 19.4 Å². The molecule has 1 aliphatic heterocycles. The lowest BCUT2D eigenvalue weighted by molar-refractivity contribution is -0.132. The van der Waals surface area contributed by atoms with E-state index >= 15 is 0 Å². The van der Waals surface area contributed by atoms with E-state index < -0.39 is 17.7 Å². The minimum absolute atomic E-state index is 0.0474. The van der Waals surface area contributed by atoms with Crippen LogP contribution >= 0.6 is 0 Å². The van der Waals surface area contributed by atoms with Gasteiger partial charge < -0.3 is 9.84 Å². The molecule has 4 rings (SSSR count). The van der Waals surface area contributed by atoms with Gasteiger partial charge in [-0.2, -0.15) is 0 Å². The molecule has 186 valence electrons. The molecule has 1 fully saturated rings. The van der Waals surface area contributed by atoms with Gasteiger partial charge in [0.2, 0.25) is 0 Å². The van der Waals surface area contributed by atoms with Gasteiger partial charge in [0.25, 0.3) is 11.7 Å². The maximum Gasteiger partial charge on any atom is 0.300 e. The largest absolute Gasteiger partial charge is 0.507 e. The molecular weight excluding hydrogens is 450 g/mol. The zero-order chi connectivity index (χ0) is 26.0. The number of aliphatic hydroxyl groups excluding tert-OH is 1. The number of aliphatic hydroxyl groups is 1. The van der Waals surface area contributed by atoms with Gasteiger partial charge in [0.05, 0.1) is 18.2 Å². The third kappa shape index (κ3) is 5.06. The molecule has 0 radical (unpaired) electrons. The van der Waals surface area contributed by atoms with Crippen molar-refractivity contribution in [1.29, 1.82) is 0 Å². The van der Waals surface area contributed by atoms with Crippen LogP contribution in [0.3, 0.4) is 0 Å². The molecule has 0 aromatic heterocycles. The molecule has 0 aliphatic carbocycles. The number of benzene rings is 3. The number of nitrogens with zero attached hydrogens (tertiary/aromatic N) is 1. The Labute approximate surface area is 213 Å². The van der Waals surface area contributed by atoms with Gasteiger partial charge in [-0.05, 0) is 46.7 Å². The minimum atomic E-state index is -0.757. The lowest BCUT2D eigenvalue weighted by Crippen LogP contribution is -2.29. The van der Waals surface area contributed by atoms with Crippen LogP contribution in [0.2, 0.25) is 0 Å².